The number of hydrogen-bond donors (Lipinski definition) is 8. The number of hydrogen-bond acceptors (Lipinski definition) is 17. The van der Waals surface area contributed by atoms with E-state index in [1.165, 1.54) is 12.1 Å². The monoisotopic (exact) mass is 696 g/mol. The van der Waals surface area contributed by atoms with Gasteiger partial charge in [0.2, 0.25) is 22.4 Å². The van der Waals surface area contributed by atoms with Crippen LogP contribution in [-0.2, 0) is 13.9 Å². The zero-order valence-corrected chi connectivity index (χ0v) is 25.4. The van der Waals surface area contributed by atoms with Gasteiger partial charge in [0, 0.05) is 42.1 Å². The SMILES string of the molecule is CP(=O)(OOc1cc(O)c2c(=O)c(O)c(-c3ccc(O)c(O)c3)oc2c1)OOc1cc(O)c2c(=O)c(O)c(-c3ccc(O)c(O)c3)oc2c1. The molecule has 0 saturated carbocycles. The van der Waals surface area contributed by atoms with Crippen molar-refractivity contribution in [3.8, 4) is 80.1 Å². The first-order chi connectivity index (χ1) is 23.1. The van der Waals surface area contributed by atoms with Crippen molar-refractivity contribution in [3.63, 3.8) is 0 Å². The molecule has 2 heterocycles. The lowest BCUT2D eigenvalue weighted by Crippen LogP contribution is -2.05. The Bertz CT molecular complexity index is 2310. The highest BCUT2D eigenvalue weighted by Gasteiger charge is 2.26. The number of benzene rings is 4. The van der Waals surface area contributed by atoms with Crippen LogP contribution >= 0.6 is 7.60 Å². The van der Waals surface area contributed by atoms with Gasteiger partial charge in [-0.05, 0) is 36.4 Å². The van der Waals surface area contributed by atoms with Crippen molar-refractivity contribution in [3.05, 3.63) is 81.1 Å². The van der Waals surface area contributed by atoms with Crippen molar-refractivity contribution in [2.24, 2.45) is 0 Å². The highest BCUT2D eigenvalue weighted by Crippen LogP contribution is 2.46. The molecular weight excluding hydrogens is 675 g/mol. The molecule has 49 heavy (non-hydrogen) atoms. The lowest BCUT2D eigenvalue weighted by atomic mass is 10.1. The van der Waals surface area contributed by atoms with Crippen LogP contribution in [0.5, 0.6) is 57.5 Å². The van der Waals surface area contributed by atoms with Crippen LogP contribution in [0.15, 0.2) is 79.1 Å². The van der Waals surface area contributed by atoms with E-state index in [9.17, 15) is 55.0 Å². The molecule has 252 valence electrons. The molecule has 2 aromatic heterocycles. The zero-order valence-electron chi connectivity index (χ0n) is 24.5. The minimum Gasteiger partial charge on any atom is -0.507 e. The summed E-state index contributed by atoms with van der Waals surface area (Å²) in [6, 6.07) is 10.5. The molecule has 6 rings (SSSR count). The summed E-state index contributed by atoms with van der Waals surface area (Å²) in [6.07, 6.45) is 0. The molecule has 0 aliphatic carbocycles. The Kier molecular flexibility index (Phi) is 7.88. The highest BCUT2D eigenvalue weighted by atomic mass is 31.2. The van der Waals surface area contributed by atoms with Crippen LogP contribution in [0.4, 0.5) is 0 Å². The van der Waals surface area contributed by atoms with Gasteiger partial charge in [-0.1, -0.05) is 9.35 Å². The van der Waals surface area contributed by atoms with Crippen molar-refractivity contribution in [1.29, 1.82) is 0 Å². The fraction of sp³-hybridized carbons (Fsp3) is 0.0323. The van der Waals surface area contributed by atoms with E-state index in [2.05, 4.69) is 0 Å². The fourth-order valence-electron chi connectivity index (χ4n) is 4.58. The lowest BCUT2D eigenvalue weighted by Gasteiger charge is -2.14. The van der Waals surface area contributed by atoms with Gasteiger partial charge < -0.3 is 59.5 Å². The van der Waals surface area contributed by atoms with E-state index >= 15 is 0 Å². The third-order valence-electron chi connectivity index (χ3n) is 6.86. The van der Waals surface area contributed by atoms with Gasteiger partial charge in [-0.15, -0.1) is 0 Å². The molecule has 0 bridgehead atoms. The maximum Gasteiger partial charge on any atom is 0.402 e. The zero-order chi connectivity index (χ0) is 35.4. The standard InChI is InChI=1S/C31H21O17P/c1-49(42,47-45-14-8-20(36)24-22(10-14)43-30(28(40)26(24)38)12-2-4-16(32)18(34)6-12)48-46-15-9-21(37)25-23(11-15)44-31(29(41)27(25)39)13-3-5-17(33)19(35)7-13/h2-11,32-37,40-41H,1H3. The van der Waals surface area contributed by atoms with E-state index in [1.54, 1.807) is 0 Å². The molecule has 8 N–H and O–H groups in total. The summed E-state index contributed by atoms with van der Waals surface area (Å²) in [4.78, 5) is 35.6. The third kappa shape index (κ3) is 6.03. The van der Waals surface area contributed by atoms with Crippen LogP contribution in [0.1, 0.15) is 0 Å². The Morgan fingerprint density at radius 2 is 0.918 bits per heavy atom. The third-order valence-corrected chi connectivity index (χ3v) is 7.55. The summed E-state index contributed by atoms with van der Waals surface area (Å²) in [5, 5.41) is 79.5. The van der Waals surface area contributed by atoms with Gasteiger partial charge in [-0.2, -0.15) is 0 Å². The second-order valence-corrected chi connectivity index (χ2v) is 12.2. The molecule has 0 saturated heterocycles. The number of aromatic hydroxyl groups is 8. The number of phenolic OH excluding ortho intramolecular Hbond substituents is 6. The number of fused-ring (bicyclic) bond motifs is 2. The first kappa shape index (κ1) is 32.4. The van der Waals surface area contributed by atoms with Crippen LogP contribution in [0, 0.1) is 0 Å². The number of rotatable bonds is 8. The maximum absolute atomic E-state index is 12.9. The Hall–Kier alpha value is -6.55. The van der Waals surface area contributed by atoms with Gasteiger partial charge in [-0.3, -0.25) is 14.2 Å². The van der Waals surface area contributed by atoms with Crippen molar-refractivity contribution in [1.82, 2.24) is 0 Å². The molecule has 0 spiro atoms. The minimum absolute atomic E-state index is 0.0100. The molecule has 6 aromatic rings. The molecule has 17 nitrogen and oxygen atoms in total. The van der Waals surface area contributed by atoms with E-state index < -0.39 is 86.7 Å². The summed E-state index contributed by atoms with van der Waals surface area (Å²) in [7, 11) is -4.32. The Morgan fingerprint density at radius 1 is 0.531 bits per heavy atom. The van der Waals surface area contributed by atoms with E-state index in [4.69, 9.17) is 28.0 Å². The number of phenols is 6. The molecule has 0 aliphatic heterocycles. The fourth-order valence-corrected chi connectivity index (χ4v) is 5.05. The maximum atomic E-state index is 12.9. The Balaban J connectivity index is 1.23. The molecule has 0 fully saturated rings. The molecule has 4 aromatic carbocycles. The largest absolute Gasteiger partial charge is 0.507 e. The molecular formula is C31H21O17P. The summed E-state index contributed by atoms with van der Waals surface area (Å²) in [5.41, 5.74) is -2.80. The smallest absolute Gasteiger partial charge is 0.402 e. The van der Waals surface area contributed by atoms with E-state index in [1.807, 2.05) is 0 Å². The van der Waals surface area contributed by atoms with Crippen molar-refractivity contribution in [2.45, 2.75) is 0 Å². The van der Waals surface area contributed by atoms with Crippen LogP contribution in [0.25, 0.3) is 44.6 Å². The molecule has 0 radical (unpaired) electrons. The van der Waals surface area contributed by atoms with Crippen molar-refractivity contribution in [2.75, 3.05) is 6.66 Å². The normalized spacial score (nSPS) is 11.6. The summed E-state index contributed by atoms with van der Waals surface area (Å²) in [6.45, 7) is 0.899. The van der Waals surface area contributed by atoms with Crippen molar-refractivity contribution < 1.29 is 73.4 Å². The van der Waals surface area contributed by atoms with Crippen molar-refractivity contribution >= 4 is 29.5 Å². The van der Waals surface area contributed by atoms with Gasteiger partial charge in [0.15, 0.2) is 46.0 Å². The van der Waals surface area contributed by atoms with Crippen LogP contribution in [-0.4, -0.2) is 47.5 Å². The second kappa shape index (κ2) is 11.9. The average molecular weight is 696 g/mol. The summed E-state index contributed by atoms with van der Waals surface area (Å²) >= 11 is 0. The topological polar surface area (TPSA) is 276 Å². The molecule has 0 amide bonds. The predicted octanol–water partition coefficient (Wildman–Crippen LogP) is 5.02. The highest BCUT2D eigenvalue weighted by molar-refractivity contribution is 7.52. The van der Waals surface area contributed by atoms with Gasteiger partial charge in [0.05, 0.1) is 0 Å². The summed E-state index contributed by atoms with van der Waals surface area (Å²) < 4.78 is 33.7. The first-order valence-electron chi connectivity index (χ1n) is 13.5. The minimum atomic E-state index is -4.32. The molecule has 18 heteroatoms. The Labute approximate surface area is 270 Å². The van der Waals surface area contributed by atoms with E-state index in [-0.39, 0.29) is 33.8 Å². The predicted molar refractivity (Wildman–Crippen MR) is 166 cm³/mol. The van der Waals surface area contributed by atoms with Gasteiger partial charge >= 0.3 is 7.60 Å². The average Bonchev–Trinajstić information content (AvgIpc) is 3.05. The quantitative estimate of drug-likeness (QED) is 0.0449. The van der Waals surface area contributed by atoms with Gasteiger partial charge in [-0.25, -0.2) is 0 Å². The first-order valence-corrected chi connectivity index (χ1v) is 15.5. The van der Waals surface area contributed by atoms with Gasteiger partial charge in [0.25, 0.3) is 0 Å². The van der Waals surface area contributed by atoms with E-state index in [0.717, 1.165) is 55.2 Å². The van der Waals surface area contributed by atoms with Crippen LogP contribution < -0.4 is 20.6 Å². The second-order valence-electron chi connectivity index (χ2n) is 10.3. The lowest BCUT2D eigenvalue weighted by molar-refractivity contribution is -0.169. The molecule has 0 aliphatic rings. The van der Waals surface area contributed by atoms with Gasteiger partial charge in [0.1, 0.15) is 33.4 Å². The summed E-state index contributed by atoms with van der Waals surface area (Å²) in [5.74, 6) is -6.98. The molecule has 0 atom stereocenters. The molecule has 0 unspecified atom stereocenters. The van der Waals surface area contributed by atoms with E-state index in [0.29, 0.717) is 0 Å². The van der Waals surface area contributed by atoms with Crippen LogP contribution in [0.3, 0.4) is 0 Å². The Morgan fingerprint density at radius 3 is 1.29 bits per heavy atom. The van der Waals surface area contributed by atoms with Crippen LogP contribution in [0.2, 0.25) is 0 Å².